The molecule has 3 heterocycles. The molecule has 1 aromatic carbocycles. The van der Waals surface area contributed by atoms with Crippen molar-refractivity contribution >= 4 is 39.1 Å². The molecule has 0 radical (unpaired) electrons. The third-order valence-corrected chi connectivity index (χ3v) is 4.99. The predicted octanol–water partition coefficient (Wildman–Crippen LogP) is 4.52. The summed E-state index contributed by atoms with van der Waals surface area (Å²) in [5.41, 5.74) is 3.32. The van der Waals surface area contributed by atoms with Gasteiger partial charge in [0.2, 0.25) is 0 Å². The van der Waals surface area contributed by atoms with Crippen molar-refractivity contribution in [1.82, 2.24) is 19.4 Å². The monoisotopic (exact) mass is 380 g/mol. The maximum Gasteiger partial charge on any atom is 0.406 e. The topological polar surface area (TPSA) is 34.0 Å². The first-order valence-corrected chi connectivity index (χ1v) is 8.58. The molecule has 26 heavy (non-hydrogen) atoms. The Morgan fingerprint density at radius 2 is 2.04 bits per heavy atom. The Balaban J connectivity index is 1.94. The minimum absolute atomic E-state index is 0.0236. The Bertz CT molecular complexity index is 1020. The average molecular weight is 381 g/mol. The smallest absolute Gasteiger partial charge is 0.327 e. The van der Waals surface area contributed by atoms with Crippen molar-refractivity contribution in [3.63, 3.8) is 0 Å². The average Bonchev–Trinajstić information content (AvgIpc) is 2.89. The molecule has 0 bridgehead atoms. The van der Waals surface area contributed by atoms with Crippen LogP contribution >= 0.6 is 11.6 Å². The summed E-state index contributed by atoms with van der Waals surface area (Å²) in [7, 11) is 2.06. The highest BCUT2D eigenvalue weighted by atomic mass is 35.5. The summed E-state index contributed by atoms with van der Waals surface area (Å²) in [6.07, 6.45) is -0.0305. The molecule has 0 saturated carbocycles. The Morgan fingerprint density at radius 1 is 1.23 bits per heavy atom. The number of fused-ring (bicyclic) bond motifs is 3. The Morgan fingerprint density at radius 3 is 2.73 bits per heavy atom. The Hall–Kier alpha value is -2.12. The molecule has 1 aliphatic heterocycles. The third kappa shape index (κ3) is 3.05. The molecule has 0 saturated heterocycles. The molecule has 0 atom stereocenters. The van der Waals surface area contributed by atoms with Gasteiger partial charge >= 0.3 is 6.18 Å². The maximum atomic E-state index is 13.1. The van der Waals surface area contributed by atoms with Crippen LogP contribution in [-0.2, 0) is 6.54 Å². The summed E-state index contributed by atoms with van der Waals surface area (Å²) in [5.74, 6) is 0. The highest BCUT2D eigenvalue weighted by Gasteiger charge is 2.31. The summed E-state index contributed by atoms with van der Waals surface area (Å²) >= 11 is 6.11. The second kappa shape index (κ2) is 6.25. The zero-order valence-electron chi connectivity index (χ0n) is 14.0. The molecule has 0 fully saturated rings. The lowest BCUT2D eigenvalue weighted by atomic mass is 9.98. The first kappa shape index (κ1) is 17.3. The van der Waals surface area contributed by atoms with Gasteiger partial charge in [0.05, 0.1) is 5.52 Å². The van der Waals surface area contributed by atoms with Crippen molar-refractivity contribution in [3.8, 4) is 0 Å². The van der Waals surface area contributed by atoms with Crippen LogP contribution in [0.2, 0.25) is 5.15 Å². The second-order valence-corrected chi connectivity index (χ2v) is 6.89. The van der Waals surface area contributed by atoms with Crippen molar-refractivity contribution in [2.75, 3.05) is 20.1 Å². The molecular formula is C18H16ClF3N4. The minimum atomic E-state index is -4.37. The fraction of sp³-hybridized carbons (Fsp3) is 0.333. The van der Waals surface area contributed by atoms with Crippen LogP contribution in [0.3, 0.4) is 0 Å². The third-order valence-electron chi connectivity index (χ3n) is 4.71. The molecule has 0 unspecified atom stereocenters. The van der Waals surface area contributed by atoms with Crippen molar-refractivity contribution in [3.05, 3.63) is 41.3 Å². The molecule has 0 N–H and O–H groups in total. The van der Waals surface area contributed by atoms with E-state index in [2.05, 4.69) is 28.0 Å². The number of rotatable bonds is 2. The van der Waals surface area contributed by atoms with E-state index >= 15 is 0 Å². The number of alkyl halides is 3. The van der Waals surface area contributed by atoms with E-state index in [1.165, 1.54) is 11.9 Å². The summed E-state index contributed by atoms with van der Waals surface area (Å²) in [5, 5.41) is 0.682. The lowest BCUT2D eigenvalue weighted by molar-refractivity contribution is -0.139. The molecule has 136 valence electrons. The van der Waals surface area contributed by atoms with Gasteiger partial charge in [-0.25, -0.2) is 9.97 Å². The number of likely N-dealkylation sites (N-methyl/N-ethyl adjacent to an activating group) is 1. The van der Waals surface area contributed by atoms with Crippen LogP contribution in [-0.4, -0.2) is 45.7 Å². The maximum absolute atomic E-state index is 13.1. The molecule has 4 rings (SSSR count). The second-order valence-electron chi connectivity index (χ2n) is 6.54. The van der Waals surface area contributed by atoms with Crippen molar-refractivity contribution in [2.45, 2.75) is 19.1 Å². The van der Waals surface area contributed by atoms with Gasteiger partial charge in [-0.1, -0.05) is 23.7 Å². The van der Waals surface area contributed by atoms with Crippen LogP contribution in [0, 0.1) is 0 Å². The van der Waals surface area contributed by atoms with E-state index in [1.807, 2.05) is 12.1 Å². The highest BCUT2D eigenvalue weighted by molar-refractivity contribution is 6.34. The Kier molecular flexibility index (Phi) is 4.16. The van der Waals surface area contributed by atoms with Crippen molar-refractivity contribution in [2.24, 2.45) is 0 Å². The van der Waals surface area contributed by atoms with Crippen LogP contribution < -0.4 is 0 Å². The SMILES string of the molecule is CN1CC=C(c2ccc3c(c2)c2ncnc(Cl)c2n3CC(F)(F)F)CC1. The normalized spacial score (nSPS) is 16.4. The number of hydrogen-bond acceptors (Lipinski definition) is 3. The van der Waals surface area contributed by atoms with E-state index in [4.69, 9.17) is 11.6 Å². The molecule has 0 spiro atoms. The lowest BCUT2D eigenvalue weighted by Crippen LogP contribution is -2.23. The van der Waals surface area contributed by atoms with Gasteiger partial charge in [0.25, 0.3) is 0 Å². The molecule has 0 aliphatic carbocycles. The van der Waals surface area contributed by atoms with Crippen LogP contribution in [0.25, 0.3) is 27.5 Å². The number of nitrogens with zero attached hydrogens (tertiary/aromatic N) is 4. The predicted molar refractivity (Wildman–Crippen MR) is 96.2 cm³/mol. The summed E-state index contributed by atoms with van der Waals surface area (Å²) in [6, 6.07) is 5.49. The van der Waals surface area contributed by atoms with E-state index in [1.54, 1.807) is 6.07 Å². The van der Waals surface area contributed by atoms with Gasteiger partial charge < -0.3 is 9.47 Å². The Labute approximate surface area is 152 Å². The van der Waals surface area contributed by atoms with E-state index in [-0.39, 0.29) is 10.7 Å². The van der Waals surface area contributed by atoms with E-state index < -0.39 is 12.7 Å². The molecule has 8 heteroatoms. The fourth-order valence-electron chi connectivity index (χ4n) is 3.45. The van der Waals surface area contributed by atoms with Gasteiger partial charge in [0.15, 0.2) is 5.15 Å². The van der Waals surface area contributed by atoms with Crippen LogP contribution in [0.4, 0.5) is 13.2 Å². The minimum Gasteiger partial charge on any atom is -0.327 e. The van der Waals surface area contributed by atoms with Gasteiger partial charge in [-0.2, -0.15) is 13.2 Å². The quantitative estimate of drug-likeness (QED) is 0.613. The molecule has 1 aliphatic rings. The number of halogens is 4. The lowest BCUT2D eigenvalue weighted by Gasteiger charge is -2.22. The largest absolute Gasteiger partial charge is 0.406 e. The standard InChI is InChI=1S/C18H16ClF3N4/c1-25-6-4-11(5-7-25)12-2-3-14-13(8-12)15-16(17(19)24-10-23-15)26(14)9-18(20,21)22/h2-4,8,10H,5-7,9H2,1H3. The number of aromatic nitrogens is 3. The van der Waals surface area contributed by atoms with Gasteiger partial charge in [-0.05, 0) is 36.7 Å². The van der Waals surface area contributed by atoms with Crippen molar-refractivity contribution < 1.29 is 13.2 Å². The summed E-state index contributed by atoms with van der Waals surface area (Å²) in [4.78, 5) is 10.3. The first-order chi connectivity index (χ1) is 12.3. The van der Waals surface area contributed by atoms with Gasteiger partial charge in [-0.15, -0.1) is 0 Å². The summed E-state index contributed by atoms with van der Waals surface area (Å²) < 4.78 is 40.4. The fourth-order valence-corrected chi connectivity index (χ4v) is 3.69. The van der Waals surface area contributed by atoms with E-state index in [0.29, 0.717) is 16.4 Å². The molecule has 2 aromatic heterocycles. The zero-order valence-corrected chi connectivity index (χ0v) is 14.8. The van der Waals surface area contributed by atoms with Crippen molar-refractivity contribution in [1.29, 1.82) is 0 Å². The van der Waals surface area contributed by atoms with Gasteiger partial charge in [-0.3, -0.25) is 0 Å². The number of hydrogen-bond donors (Lipinski definition) is 0. The summed E-state index contributed by atoms with van der Waals surface area (Å²) in [6.45, 7) is 0.678. The van der Waals surface area contributed by atoms with Gasteiger partial charge in [0.1, 0.15) is 23.9 Å². The molecule has 3 aromatic rings. The first-order valence-electron chi connectivity index (χ1n) is 8.20. The highest BCUT2D eigenvalue weighted by Crippen LogP contribution is 2.35. The molecule has 0 amide bonds. The van der Waals surface area contributed by atoms with Crippen LogP contribution in [0.15, 0.2) is 30.6 Å². The van der Waals surface area contributed by atoms with E-state index in [9.17, 15) is 13.2 Å². The van der Waals surface area contributed by atoms with E-state index in [0.717, 1.165) is 29.6 Å². The van der Waals surface area contributed by atoms with Crippen LogP contribution in [0.1, 0.15) is 12.0 Å². The zero-order chi connectivity index (χ0) is 18.5. The molecule has 4 nitrogen and oxygen atoms in total. The number of benzene rings is 1. The molecular weight excluding hydrogens is 365 g/mol. The van der Waals surface area contributed by atoms with Gasteiger partial charge in [0, 0.05) is 18.5 Å². The van der Waals surface area contributed by atoms with Crippen LogP contribution in [0.5, 0.6) is 0 Å².